The fourth-order valence-electron chi connectivity index (χ4n) is 1.02. The van der Waals surface area contributed by atoms with Crippen molar-refractivity contribution < 1.29 is 25.5 Å². The van der Waals surface area contributed by atoms with E-state index < -0.39 is 5.75 Å². The van der Waals surface area contributed by atoms with E-state index in [-0.39, 0.29) is 28.0 Å². The molecule has 2 rings (SSSR count). The Kier molecular flexibility index (Phi) is 4.51. The van der Waals surface area contributed by atoms with Gasteiger partial charge in [0.25, 0.3) is 0 Å². The van der Waals surface area contributed by atoms with Crippen LogP contribution >= 0.6 is 11.6 Å². The minimum absolute atomic E-state index is 0.0110. The maximum absolute atomic E-state index is 8.81. The Labute approximate surface area is 108 Å². The molecule has 5 N–H and O–H groups in total. The van der Waals surface area contributed by atoms with E-state index in [0.717, 1.165) is 0 Å². The number of phenolic OH excluding ortho intramolecular Hbond substituents is 5. The van der Waals surface area contributed by atoms with E-state index in [9.17, 15) is 0 Å². The Morgan fingerprint density at radius 1 is 0.722 bits per heavy atom. The molecule has 0 saturated heterocycles. The van der Waals surface area contributed by atoms with E-state index in [1.807, 2.05) is 0 Å². The van der Waals surface area contributed by atoms with Crippen molar-refractivity contribution in [2.45, 2.75) is 0 Å². The zero-order valence-corrected chi connectivity index (χ0v) is 9.83. The maximum Gasteiger partial charge on any atom is 0.200 e. The molecule has 0 aliphatic carbocycles. The minimum Gasteiger partial charge on any atom is -0.508 e. The molecule has 0 radical (unpaired) electrons. The highest BCUT2D eigenvalue weighted by atomic mass is 35.5. The molecule has 0 spiro atoms. The van der Waals surface area contributed by atoms with Gasteiger partial charge in [-0.15, -0.1) is 0 Å². The Hall–Kier alpha value is -2.27. The summed E-state index contributed by atoms with van der Waals surface area (Å²) in [5, 5.41) is 43.9. The Morgan fingerprint density at radius 2 is 1.28 bits per heavy atom. The lowest BCUT2D eigenvalue weighted by atomic mass is 10.3. The molecule has 2 aromatic carbocycles. The molecule has 0 unspecified atom stereocenters. The first-order valence-corrected chi connectivity index (χ1v) is 5.17. The summed E-state index contributed by atoms with van der Waals surface area (Å²) in [6.45, 7) is 0. The van der Waals surface area contributed by atoms with Gasteiger partial charge in [0, 0.05) is 6.07 Å². The van der Waals surface area contributed by atoms with E-state index in [0.29, 0.717) is 0 Å². The van der Waals surface area contributed by atoms with Crippen LogP contribution in [-0.4, -0.2) is 25.5 Å². The van der Waals surface area contributed by atoms with Crippen LogP contribution in [0.15, 0.2) is 36.4 Å². The third-order valence-corrected chi connectivity index (χ3v) is 2.24. The molecule has 0 bridgehead atoms. The maximum atomic E-state index is 8.81. The minimum atomic E-state index is -0.475. The first kappa shape index (κ1) is 13.8. The Balaban J connectivity index is 0.000000180. The summed E-state index contributed by atoms with van der Waals surface area (Å²) in [6, 6.07) is 8.02. The molecule has 0 saturated carbocycles. The van der Waals surface area contributed by atoms with E-state index in [1.54, 1.807) is 0 Å². The lowest BCUT2D eigenvalue weighted by Gasteiger charge is -1.96. The van der Waals surface area contributed by atoms with E-state index >= 15 is 0 Å². The van der Waals surface area contributed by atoms with Gasteiger partial charge in [-0.2, -0.15) is 0 Å². The fraction of sp³-hybridized carbons (Fsp3) is 0. The topological polar surface area (TPSA) is 101 Å². The normalized spacial score (nSPS) is 9.39. The zero-order chi connectivity index (χ0) is 13.7. The molecule has 0 heterocycles. The average Bonchev–Trinajstić information content (AvgIpc) is 2.32. The van der Waals surface area contributed by atoms with Gasteiger partial charge in [0.05, 0.1) is 5.02 Å². The number of aromatic hydroxyl groups is 5. The van der Waals surface area contributed by atoms with Crippen molar-refractivity contribution in [2.75, 3.05) is 0 Å². The Morgan fingerprint density at radius 3 is 1.67 bits per heavy atom. The predicted molar refractivity (Wildman–Crippen MR) is 66.2 cm³/mol. The van der Waals surface area contributed by atoms with Crippen LogP contribution in [0.5, 0.6) is 28.7 Å². The molecular weight excluding hydrogens is 260 g/mol. The largest absolute Gasteiger partial charge is 0.508 e. The quantitative estimate of drug-likeness (QED) is 0.474. The van der Waals surface area contributed by atoms with Gasteiger partial charge in [-0.25, -0.2) is 0 Å². The molecule has 6 heteroatoms. The zero-order valence-electron chi connectivity index (χ0n) is 9.08. The monoisotopic (exact) mass is 270 g/mol. The number of benzene rings is 2. The van der Waals surface area contributed by atoms with E-state index in [4.69, 9.17) is 37.1 Å². The van der Waals surface area contributed by atoms with Crippen LogP contribution in [0.1, 0.15) is 0 Å². The van der Waals surface area contributed by atoms with Crippen molar-refractivity contribution in [3.8, 4) is 28.7 Å². The third kappa shape index (κ3) is 3.64. The molecule has 5 nitrogen and oxygen atoms in total. The number of rotatable bonds is 0. The van der Waals surface area contributed by atoms with Crippen LogP contribution in [0.3, 0.4) is 0 Å². The third-order valence-electron chi connectivity index (χ3n) is 1.92. The van der Waals surface area contributed by atoms with Gasteiger partial charge in [-0.3, -0.25) is 0 Å². The van der Waals surface area contributed by atoms with Gasteiger partial charge in [0.1, 0.15) is 11.5 Å². The van der Waals surface area contributed by atoms with Gasteiger partial charge >= 0.3 is 0 Å². The van der Waals surface area contributed by atoms with E-state index in [1.165, 1.54) is 36.4 Å². The van der Waals surface area contributed by atoms with Crippen LogP contribution in [-0.2, 0) is 0 Å². The lowest BCUT2D eigenvalue weighted by Crippen LogP contribution is -1.67. The molecule has 2 aromatic rings. The first-order valence-electron chi connectivity index (χ1n) is 4.79. The number of hydrogen-bond acceptors (Lipinski definition) is 5. The van der Waals surface area contributed by atoms with Gasteiger partial charge in [-0.05, 0) is 24.3 Å². The molecule has 0 aliphatic heterocycles. The molecule has 18 heavy (non-hydrogen) atoms. The van der Waals surface area contributed by atoms with Crippen molar-refractivity contribution in [3.05, 3.63) is 41.4 Å². The summed E-state index contributed by atoms with van der Waals surface area (Å²) < 4.78 is 0. The smallest absolute Gasteiger partial charge is 0.200 e. The molecule has 96 valence electrons. The van der Waals surface area contributed by atoms with Gasteiger partial charge in [0.2, 0.25) is 0 Å². The van der Waals surface area contributed by atoms with E-state index in [2.05, 4.69) is 0 Å². The second kappa shape index (κ2) is 5.88. The highest BCUT2D eigenvalue weighted by molar-refractivity contribution is 6.32. The van der Waals surface area contributed by atoms with Crippen LogP contribution in [0, 0.1) is 0 Å². The van der Waals surface area contributed by atoms with Crippen molar-refractivity contribution in [1.82, 2.24) is 0 Å². The molecular formula is C12H11ClO5. The van der Waals surface area contributed by atoms with Crippen molar-refractivity contribution in [1.29, 1.82) is 0 Å². The standard InChI is InChI=1S/C6H5ClO2.C6H6O3/c7-5-2-1-4(8)3-6(5)9;7-4-2-1-3-5(8)6(4)9/h1-3,8-9H;1-3,7-9H. The molecule has 0 aromatic heterocycles. The van der Waals surface area contributed by atoms with Gasteiger partial charge < -0.3 is 25.5 Å². The second-order valence-corrected chi connectivity index (χ2v) is 3.69. The number of phenols is 5. The summed E-state index contributed by atoms with van der Waals surface area (Å²) in [7, 11) is 0. The molecule has 0 atom stereocenters. The molecule has 0 fully saturated rings. The van der Waals surface area contributed by atoms with Crippen LogP contribution in [0.25, 0.3) is 0 Å². The fourth-order valence-corrected chi connectivity index (χ4v) is 1.14. The second-order valence-electron chi connectivity index (χ2n) is 3.28. The molecule has 0 amide bonds. The van der Waals surface area contributed by atoms with Crippen LogP contribution < -0.4 is 0 Å². The molecule has 0 aliphatic rings. The van der Waals surface area contributed by atoms with Crippen molar-refractivity contribution >= 4 is 11.6 Å². The summed E-state index contributed by atoms with van der Waals surface area (Å²) in [5.74, 6) is -1.18. The average molecular weight is 271 g/mol. The Bertz CT molecular complexity index is 522. The summed E-state index contributed by atoms with van der Waals surface area (Å²) >= 11 is 5.42. The van der Waals surface area contributed by atoms with Crippen LogP contribution in [0.4, 0.5) is 0 Å². The summed E-state index contributed by atoms with van der Waals surface area (Å²) in [6.07, 6.45) is 0. The lowest BCUT2D eigenvalue weighted by molar-refractivity contribution is 0.368. The highest BCUT2D eigenvalue weighted by Gasteiger charge is 2.01. The van der Waals surface area contributed by atoms with Gasteiger partial charge in [0.15, 0.2) is 17.2 Å². The van der Waals surface area contributed by atoms with Crippen molar-refractivity contribution in [2.24, 2.45) is 0 Å². The SMILES string of the molecule is Oc1ccc(Cl)c(O)c1.Oc1cccc(O)c1O. The number of hydrogen-bond donors (Lipinski definition) is 5. The summed E-state index contributed by atoms with van der Waals surface area (Å²) in [5.41, 5.74) is 0. The number of para-hydroxylation sites is 1. The van der Waals surface area contributed by atoms with Crippen LogP contribution in [0.2, 0.25) is 5.02 Å². The first-order chi connectivity index (χ1) is 8.41. The predicted octanol–water partition coefficient (Wildman–Crippen LogP) is 2.55. The van der Waals surface area contributed by atoms with Gasteiger partial charge in [-0.1, -0.05) is 17.7 Å². The van der Waals surface area contributed by atoms with Crippen molar-refractivity contribution in [3.63, 3.8) is 0 Å². The highest BCUT2D eigenvalue weighted by Crippen LogP contribution is 2.32. The summed E-state index contributed by atoms with van der Waals surface area (Å²) in [4.78, 5) is 0. The number of halogens is 1.